The van der Waals surface area contributed by atoms with Crippen LogP contribution in [0.2, 0.25) is 0 Å². The molecule has 0 heterocycles. The number of amides is 2. The summed E-state index contributed by atoms with van der Waals surface area (Å²) in [5.41, 5.74) is 11.6. The van der Waals surface area contributed by atoms with Gasteiger partial charge in [0, 0.05) is 5.69 Å². The first kappa shape index (κ1) is 27.6. The number of nitrogens with one attached hydrogen (secondary N) is 2. The maximum Gasteiger partial charge on any atom is 0.362 e. The van der Waals surface area contributed by atoms with Crippen LogP contribution >= 0.6 is 12.4 Å². The van der Waals surface area contributed by atoms with E-state index in [4.69, 9.17) is 10.6 Å². The van der Waals surface area contributed by atoms with Crippen molar-refractivity contribution in [3.8, 4) is 0 Å². The second kappa shape index (κ2) is 14.6. The average molecular weight is 496 g/mol. The molecule has 8 heteroatoms. The fraction of sp³-hybridized carbons (Fsp3) is 0.222. The number of rotatable bonds is 10. The number of hydrogen-bond donors (Lipinski definition) is 3. The Morgan fingerprint density at radius 3 is 1.89 bits per heavy atom. The second-order valence-corrected chi connectivity index (χ2v) is 7.93. The quantitative estimate of drug-likeness (QED) is 0.291. The number of nitrogens with two attached hydrogens (primary N) is 1. The van der Waals surface area contributed by atoms with Crippen LogP contribution in [-0.4, -0.2) is 24.3 Å². The van der Waals surface area contributed by atoms with Crippen molar-refractivity contribution in [3.63, 3.8) is 0 Å². The summed E-state index contributed by atoms with van der Waals surface area (Å²) < 4.78 is 0. The topological polar surface area (TPSA) is 111 Å². The molecule has 3 rings (SSSR count). The highest BCUT2D eigenvalue weighted by atomic mass is 35.5. The Morgan fingerprint density at radius 1 is 0.714 bits per heavy atom. The number of carbonyl (C=O) groups excluding carboxylic acids is 3. The minimum Gasteiger partial charge on any atom is -0.335 e. The molecule has 35 heavy (non-hydrogen) atoms. The van der Waals surface area contributed by atoms with E-state index in [-0.39, 0.29) is 36.8 Å². The van der Waals surface area contributed by atoms with Crippen molar-refractivity contribution >= 4 is 35.9 Å². The molecule has 3 aromatic carbocycles. The minimum absolute atomic E-state index is 0. The number of aryl methyl sites for hydroxylation is 2. The first-order valence-corrected chi connectivity index (χ1v) is 11.3. The van der Waals surface area contributed by atoms with Crippen molar-refractivity contribution in [2.24, 2.45) is 5.73 Å². The molecule has 0 fully saturated rings. The number of anilines is 1. The standard InChI is InChI=1S/C27H29N3O4.ClH/c28-19-26(32)29-24-16-14-23(15-17-24)27(33)34-30-25(31)18-22-12-10-21(11-13-22)9-5-4-8-20-6-2-1-3-7-20;/h1-3,6-7,10-17H,4-5,8-9,18-19,28H2,(H,29,32)(H,30,31);1H. The Hall–Kier alpha value is -3.68. The van der Waals surface area contributed by atoms with E-state index in [1.165, 1.54) is 23.3 Å². The van der Waals surface area contributed by atoms with Crippen LogP contribution in [0.5, 0.6) is 0 Å². The van der Waals surface area contributed by atoms with Crippen LogP contribution in [0.15, 0.2) is 78.9 Å². The zero-order valence-corrected chi connectivity index (χ0v) is 20.2. The van der Waals surface area contributed by atoms with Crippen molar-refractivity contribution in [2.75, 3.05) is 11.9 Å². The van der Waals surface area contributed by atoms with Gasteiger partial charge in [0.2, 0.25) is 5.91 Å². The van der Waals surface area contributed by atoms with Crippen LogP contribution in [-0.2, 0) is 33.7 Å². The lowest BCUT2D eigenvalue weighted by atomic mass is 10.0. The van der Waals surface area contributed by atoms with Crippen molar-refractivity contribution in [1.29, 1.82) is 0 Å². The third-order valence-corrected chi connectivity index (χ3v) is 5.26. The molecule has 0 bridgehead atoms. The van der Waals surface area contributed by atoms with Gasteiger partial charge in [-0.05, 0) is 66.6 Å². The van der Waals surface area contributed by atoms with Gasteiger partial charge >= 0.3 is 5.97 Å². The molecule has 3 aromatic rings. The van der Waals surface area contributed by atoms with Crippen molar-refractivity contribution < 1.29 is 19.2 Å². The molecular weight excluding hydrogens is 466 g/mol. The molecule has 0 aliphatic heterocycles. The van der Waals surface area contributed by atoms with E-state index in [0.29, 0.717) is 5.69 Å². The van der Waals surface area contributed by atoms with Gasteiger partial charge in [-0.3, -0.25) is 9.59 Å². The lowest BCUT2D eigenvalue weighted by Gasteiger charge is -2.08. The fourth-order valence-electron chi connectivity index (χ4n) is 3.41. The minimum atomic E-state index is -0.698. The highest BCUT2D eigenvalue weighted by molar-refractivity contribution is 5.94. The number of halogens is 1. The van der Waals surface area contributed by atoms with Crippen molar-refractivity contribution in [1.82, 2.24) is 5.48 Å². The predicted octanol–water partition coefficient (Wildman–Crippen LogP) is 4.00. The van der Waals surface area contributed by atoms with E-state index in [1.54, 1.807) is 12.1 Å². The zero-order valence-electron chi connectivity index (χ0n) is 19.4. The molecule has 0 aliphatic carbocycles. The van der Waals surface area contributed by atoms with Gasteiger partial charge in [0.1, 0.15) is 0 Å². The summed E-state index contributed by atoms with van der Waals surface area (Å²) in [6.07, 6.45) is 4.40. The monoisotopic (exact) mass is 495 g/mol. The van der Waals surface area contributed by atoms with Gasteiger partial charge in [0.25, 0.3) is 5.91 Å². The molecule has 184 valence electrons. The van der Waals surface area contributed by atoms with Crippen molar-refractivity contribution in [3.05, 3.63) is 101 Å². The number of hydrogen-bond acceptors (Lipinski definition) is 5. The maximum atomic E-state index is 12.1. The number of hydroxylamine groups is 1. The normalized spacial score (nSPS) is 10.1. The summed E-state index contributed by atoms with van der Waals surface area (Å²) in [6, 6.07) is 24.4. The van der Waals surface area contributed by atoms with Gasteiger partial charge in [-0.1, -0.05) is 54.6 Å². The van der Waals surface area contributed by atoms with E-state index in [2.05, 4.69) is 35.1 Å². The molecule has 0 saturated heterocycles. The van der Waals surface area contributed by atoms with Crippen molar-refractivity contribution in [2.45, 2.75) is 32.1 Å². The van der Waals surface area contributed by atoms with E-state index >= 15 is 0 Å². The van der Waals surface area contributed by atoms with Gasteiger partial charge in [-0.25, -0.2) is 4.79 Å². The number of carbonyl (C=O) groups is 3. The molecule has 0 aliphatic rings. The third kappa shape index (κ3) is 9.60. The third-order valence-electron chi connectivity index (χ3n) is 5.26. The van der Waals surface area contributed by atoms with E-state index in [1.807, 2.05) is 30.3 Å². The molecule has 0 aromatic heterocycles. The molecule has 0 saturated carbocycles. The van der Waals surface area contributed by atoms with Crippen LogP contribution in [0, 0.1) is 0 Å². The summed E-state index contributed by atoms with van der Waals surface area (Å²) in [5, 5.41) is 2.57. The van der Waals surface area contributed by atoms with Crippen LogP contribution < -0.4 is 16.5 Å². The van der Waals surface area contributed by atoms with Crippen LogP contribution in [0.25, 0.3) is 0 Å². The summed E-state index contributed by atoms with van der Waals surface area (Å²) in [4.78, 5) is 40.4. The number of unbranched alkanes of at least 4 members (excludes halogenated alkanes) is 1. The molecule has 0 radical (unpaired) electrons. The average Bonchev–Trinajstić information content (AvgIpc) is 2.87. The Labute approximate surface area is 211 Å². The molecular formula is C27H30ClN3O4. The Bertz CT molecular complexity index is 1090. The largest absolute Gasteiger partial charge is 0.362 e. The highest BCUT2D eigenvalue weighted by Crippen LogP contribution is 2.12. The molecule has 7 nitrogen and oxygen atoms in total. The van der Waals surface area contributed by atoms with Gasteiger partial charge < -0.3 is 15.9 Å². The van der Waals surface area contributed by atoms with Crippen LogP contribution in [0.3, 0.4) is 0 Å². The fourth-order valence-corrected chi connectivity index (χ4v) is 3.41. The van der Waals surface area contributed by atoms with Crippen LogP contribution in [0.4, 0.5) is 5.69 Å². The first-order chi connectivity index (χ1) is 16.5. The smallest absolute Gasteiger partial charge is 0.335 e. The Morgan fingerprint density at radius 2 is 1.29 bits per heavy atom. The van der Waals surface area contributed by atoms with Crippen LogP contribution in [0.1, 0.15) is 39.9 Å². The van der Waals surface area contributed by atoms with Gasteiger partial charge in [-0.15, -0.1) is 12.4 Å². The zero-order chi connectivity index (χ0) is 24.2. The Balaban J connectivity index is 0.00000432. The maximum absolute atomic E-state index is 12.1. The van der Waals surface area contributed by atoms with E-state index in [9.17, 15) is 14.4 Å². The molecule has 4 N–H and O–H groups in total. The Kier molecular flexibility index (Phi) is 11.5. The molecule has 0 spiro atoms. The molecule has 0 atom stereocenters. The van der Waals surface area contributed by atoms with Gasteiger partial charge in [0.05, 0.1) is 18.5 Å². The number of benzene rings is 3. The summed E-state index contributed by atoms with van der Waals surface area (Å²) >= 11 is 0. The van der Waals surface area contributed by atoms with E-state index < -0.39 is 11.9 Å². The predicted molar refractivity (Wildman–Crippen MR) is 138 cm³/mol. The lowest BCUT2D eigenvalue weighted by molar-refractivity contribution is -0.129. The van der Waals surface area contributed by atoms with Gasteiger partial charge in [0.15, 0.2) is 0 Å². The SMILES string of the molecule is Cl.NCC(=O)Nc1ccc(C(=O)ONC(=O)Cc2ccc(CCCCc3ccccc3)cc2)cc1. The molecule has 2 amide bonds. The highest BCUT2D eigenvalue weighted by Gasteiger charge is 2.11. The summed E-state index contributed by atoms with van der Waals surface area (Å²) in [7, 11) is 0. The first-order valence-electron chi connectivity index (χ1n) is 11.3. The summed E-state index contributed by atoms with van der Waals surface area (Å²) in [5.74, 6) is -1.45. The van der Waals surface area contributed by atoms with Gasteiger partial charge in [-0.2, -0.15) is 5.48 Å². The lowest BCUT2D eigenvalue weighted by Crippen LogP contribution is -2.28. The second-order valence-electron chi connectivity index (χ2n) is 7.93. The summed E-state index contributed by atoms with van der Waals surface area (Å²) in [6.45, 7) is -0.132. The molecule has 0 unspecified atom stereocenters. The van der Waals surface area contributed by atoms with E-state index in [0.717, 1.165) is 31.2 Å².